The Hall–Kier alpha value is -1.95. The van der Waals surface area contributed by atoms with Crippen molar-refractivity contribution in [3.8, 4) is 0 Å². The molecule has 1 unspecified atom stereocenters. The quantitative estimate of drug-likeness (QED) is 0.179. The van der Waals surface area contributed by atoms with Crippen molar-refractivity contribution in [3.05, 3.63) is 48.8 Å². The molecule has 0 saturated heterocycles. The number of hydrogen-bond acceptors (Lipinski definition) is 4. The molecule has 2 rings (SSSR count). The first-order valence-corrected chi connectivity index (χ1v) is 13.4. The maximum Gasteiger partial charge on any atom is 0.107 e. The molecule has 1 atom stereocenters. The van der Waals surface area contributed by atoms with Crippen LogP contribution in [0.5, 0.6) is 0 Å². The number of unbranched alkanes of at least 4 members (excludes halogenated alkanes) is 3. The standard InChI is InChI=1S/C20H30N2.C6H15N.C2H7NO.C2H4/c1-4-7-8-10-16(6-3)12-14-20-21-18-13-11-17(9-5-2)15-19(18)22-20;1-4-5-6-7(2)3;1-3(2)4;1-2/h5,9,11,13,15-16H,4,6-8,10,12,14H2,1-3H3,(H,21,22);4-6H2,1-3H3;4H,1-2H3;1-2H2/b9-5+;;;. The molecule has 0 aliphatic rings. The molecule has 35 heavy (non-hydrogen) atoms. The van der Waals surface area contributed by atoms with E-state index in [9.17, 15) is 0 Å². The van der Waals surface area contributed by atoms with Gasteiger partial charge in [0, 0.05) is 20.5 Å². The van der Waals surface area contributed by atoms with Crippen LogP contribution in [0.15, 0.2) is 37.4 Å². The fourth-order valence-corrected chi connectivity index (χ4v) is 3.55. The third-order valence-corrected chi connectivity index (χ3v) is 5.46. The molecule has 202 valence electrons. The summed E-state index contributed by atoms with van der Waals surface area (Å²) in [6.07, 6.45) is 15.9. The van der Waals surface area contributed by atoms with E-state index in [0.29, 0.717) is 0 Å². The molecule has 0 aliphatic heterocycles. The molecule has 1 heterocycles. The Morgan fingerprint density at radius 2 is 1.63 bits per heavy atom. The lowest BCUT2D eigenvalue weighted by Gasteiger charge is -2.13. The molecule has 1 aromatic heterocycles. The second kappa shape index (κ2) is 23.8. The summed E-state index contributed by atoms with van der Waals surface area (Å²) in [5.41, 5.74) is 3.48. The Balaban J connectivity index is 0. The highest BCUT2D eigenvalue weighted by atomic mass is 16.5. The molecule has 0 amide bonds. The number of aromatic amines is 1. The number of aryl methyl sites for hydroxylation is 1. The van der Waals surface area contributed by atoms with Crippen molar-refractivity contribution >= 4 is 17.1 Å². The van der Waals surface area contributed by atoms with Crippen molar-refractivity contribution in [1.82, 2.24) is 19.9 Å². The lowest BCUT2D eigenvalue weighted by molar-refractivity contribution is -0.0372. The second-order valence-electron chi connectivity index (χ2n) is 9.27. The van der Waals surface area contributed by atoms with Gasteiger partial charge in [-0.05, 0) is 64.0 Å². The molecule has 0 bridgehead atoms. The molecule has 0 fully saturated rings. The number of nitrogens with one attached hydrogen (secondary N) is 1. The fraction of sp³-hybridized carbons (Fsp3) is 0.633. The second-order valence-corrected chi connectivity index (χ2v) is 9.27. The van der Waals surface area contributed by atoms with Crippen LogP contribution in [0.1, 0.15) is 90.4 Å². The van der Waals surface area contributed by atoms with Gasteiger partial charge in [0.1, 0.15) is 5.82 Å². The van der Waals surface area contributed by atoms with Crippen molar-refractivity contribution < 1.29 is 5.21 Å². The van der Waals surface area contributed by atoms with Crippen molar-refractivity contribution in [2.75, 3.05) is 34.7 Å². The largest absolute Gasteiger partial charge is 0.342 e. The van der Waals surface area contributed by atoms with Crippen molar-refractivity contribution in [1.29, 1.82) is 0 Å². The predicted octanol–water partition coefficient (Wildman–Crippen LogP) is 8.22. The van der Waals surface area contributed by atoms with Crippen molar-refractivity contribution in [2.24, 2.45) is 5.92 Å². The molecule has 0 aliphatic carbocycles. The van der Waals surface area contributed by atoms with E-state index in [-0.39, 0.29) is 0 Å². The molecule has 2 aromatic rings. The van der Waals surface area contributed by atoms with Gasteiger partial charge >= 0.3 is 0 Å². The number of imidazole rings is 1. The summed E-state index contributed by atoms with van der Waals surface area (Å²) in [5.74, 6) is 1.99. The monoisotopic (exact) mass is 488 g/mol. The van der Waals surface area contributed by atoms with E-state index in [4.69, 9.17) is 10.2 Å². The number of allylic oxidation sites excluding steroid dienone is 1. The minimum Gasteiger partial charge on any atom is -0.342 e. The minimum atomic E-state index is 0.846. The summed E-state index contributed by atoms with van der Waals surface area (Å²) >= 11 is 0. The number of aromatic nitrogens is 2. The van der Waals surface area contributed by atoms with E-state index in [1.54, 1.807) is 14.1 Å². The summed E-state index contributed by atoms with van der Waals surface area (Å²) in [6.45, 7) is 16.1. The normalized spacial score (nSPS) is 11.5. The van der Waals surface area contributed by atoms with Crippen molar-refractivity contribution in [2.45, 2.75) is 85.5 Å². The number of benzene rings is 1. The molecule has 1 aromatic carbocycles. The molecular weight excluding hydrogens is 432 g/mol. The van der Waals surface area contributed by atoms with Gasteiger partial charge in [-0.2, -0.15) is 5.06 Å². The lowest BCUT2D eigenvalue weighted by atomic mass is 9.94. The Labute approximate surface area is 217 Å². The van der Waals surface area contributed by atoms with Crippen LogP contribution >= 0.6 is 0 Å². The Morgan fingerprint density at radius 1 is 1.00 bits per heavy atom. The average molecular weight is 489 g/mol. The third kappa shape index (κ3) is 20.0. The zero-order chi connectivity index (χ0) is 27.1. The van der Waals surface area contributed by atoms with Gasteiger partial charge in [-0.15, -0.1) is 13.2 Å². The third-order valence-electron chi connectivity index (χ3n) is 5.46. The zero-order valence-corrected chi connectivity index (χ0v) is 24.2. The number of rotatable bonds is 12. The summed E-state index contributed by atoms with van der Waals surface area (Å²) in [7, 11) is 7.32. The average Bonchev–Trinajstić information content (AvgIpc) is 3.24. The lowest BCUT2D eigenvalue weighted by Crippen LogP contribution is -2.12. The van der Waals surface area contributed by atoms with Gasteiger partial charge < -0.3 is 15.1 Å². The van der Waals surface area contributed by atoms with Crippen LogP contribution in [0.25, 0.3) is 17.1 Å². The Morgan fingerprint density at radius 3 is 2.11 bits per heavy atom. The van der Waals surface area contributed by atoms with Crippen LogP contribution in [-0.2, 0) is 6.42 Å². The molecule has 0 spiro atoms. The van der Waals surface area contributed by atoms with Crippen molar-refractivity contribution in [3.63, 3.8) is 0 Å². The summed E-state index contributed by atoms with van der Waals surface area (Å²) in [6, 6.07) is 6.43. The van der Waals surface area contributed by atoms with E-state index in [1.165, 1.54) is 63.5 Å². The predicted molar refractivity (Wildman–Crippen MR) is 157 cm³/mol. The number of hydroxylamine groups is 2. The molecule has 2 N–H and O–H groups in total. The Bertz CT molecular complexity index is 749. The van der Waals surface area contributed by atoms with Crippen LogP contribution in [0.3, 0.4) is 0 Å². The van der Waals surface area contributed by atoms with Gasteiger partial charge in [-0.25, -0.2) is 4.98 Å². The maximum absolute atomic E-state index is 7.89. The SMILES string of the molecule is C/C=C/c1ccc2nc(CCC(CC)CCCCC)[nH]c2c1.C=C.CCCCN(C)C.CN(C)O. The van der Waals surface area contributed by atoms with Crippen LogP contribution in [0, 0.1) is 5.92 Å². The summed E-state index contributed by atoms with van der Waals surface area (Å²) in [4.78, 5) is 10.4. The first kappa shape index (κ1) is 35.2. The molecule has 0 saturated carbocycles. The van der Waals surface area contributed by atoms with Crippen LogP contribution in [-0.4, -0.2) is 59.9 Å². The van der Waals surface area contributed by atoms with E-state index in [2.05, 4.69) is 88.3 Å². The first-order chi connectivity index (χ1) is 16.8. The molecular formula is C30H56N4O. The number of hydrogen-bond donors (Lipinski definition) is 2. The number of fused-ring (bicyclic) bond motifs is 1. The zero-order valence-electron chi connectivity index (χ0n) is 24.2. The maximum atomic E-state index is 7.89. The van der Waals surface area contributed by atoms with E-state index in [0.717, 1.165) is 34.3 Å². The highest BCUT2D eigenvalue weighted by molar-refractivity contribution is 5.78. The van der Waals surface area contributed by atoms with Gasteiger partial charge in [0.25, 0.3) is 0 Å². The number of nitrogens with zero attached hydrogens (tertiary/aromatic N) is 3. The van der Waals surface area contributed by atoms with Crippen LogP contribution in [0.4, 0.5) is 0 Å². The molecule has 0 radical (unpaired) electrons. The van der Waals surface area contributed by atoms with E-state index < -0.39 is 0 Å². The van der Waals surface area contributed by atoms with E-state index in [1.807, 2.05) is 6.92 Å². The summed E-state index contributed by atoms with van der Waals surface area (Å²) in [5, 5.41) is 8.89. The van der Waals surface area contributed by atoms with Gasteiger partial charge in [0.2, 0.25) is 0 Å². The van der Waals surface area contributed by atoms with Crippen LogP contribution in [0.2, 0.25) is 0 Å². The highest BCUT2D eigenvalue weighted by Gasteiger charge is 2.09. The smallest absolute Gasteiger partial charge is 0.107 e. The molecule has 5 heteroatoms. The van der Waals surface area contributed by atoms with Gasteiger partial charge in [-0.3, -0.25) is 0 Å². The topological polar surface area (TPSA) is 55.4 Å². The summed E-state index contributed by atoms with van der Waals surface area (Å²) < 4.78 is 0. The minimum absolute atomic E-state index is 0.846. The van der Waals surface area contributed by atoms with Gasteiger partial charge in [0.05, 0.1) is 11.0 Å². The van der Waals surface area contributed by atoms with Gasteiger partial charge in [-0.1, -0.05) is 77.5 Å². The van der Waals surface area contributed by atoms with Crippen LogP contribution < -0.4 is 0 Å². The highest BCUT2D eigenvalue weighted by Crippen LogP contribution is 2.21. The van der Waals surface area contributed by atoms with Gasteiger partial charge in [0.15, 0.2) is 0 Å². The molecule has 5 nitrogen and oxygen atoms in total. The van der Waals surface area contributed by atoms with E-state index >= 15 is 0 Å². The number of H-pyrrole nitrogens is 1. The Kier molecular flexibility index (Phi) is 23.9. The fourth-order valence-electron chi connectivity index (χ4n) is 3.55. The first-order valence-electron chi connectivity index (χ1n) is 13.4.